The summed E-state index contributed by atoms with van der Waals surface area (Å²) in [5.74, 6) is -1.88. The maximum absolute atomic E-state index is 10.8. The fourth-order valence-corrected chi connectivity index (χ4v) is 1.43. The molecular weight excluding hydrogens is 244 g/mol. The Bertz CT molecular complexity index is 513. The molecular formula is C10H10N2O6. The smallest absolute Gasteiger partial charge is 0.306 e. The molecule has 1 rings (SSSR count). The van der Waals surface area contributed by atoms with E-state index >= 15 is 0 Å². The quantitative estimate of drug-likeness (QED) is 0.630. The normalized spacial score (nSPS) is 11.8. The van der Waals surface area contributed by atoms with Crippen LogP contribution in [0.25, 0.3) is 0 Å². The van der Waals surface area contributed by atoms with Crippen LogP contribution in [0.1, 0.15) is 12.5 Å². The number of aliphatic carboxylic acids is 1. The average molecular weight is 254 g/mol. The lowest BCUT2D eigenvalue weighted by Crippen LogP contribution is -2.13. The van der Waals surface area contributed by atoms with Gasteiger partial charge in [0, 0.05) is 11.6 Å². The third-order valence-electron chi connectivity index (χ3n) is 2.42. The molecule has 1 N–H and O–H groups in total. The second-order valence-electron chi connectivity index (χ2n) is 3.77. The highest BCUT2D eigenvalue weighted by molar-refractivity contribution is 5.70. The van der Waals surface area contributed by atoms with Crippen molar-refractivity contribution in [2.75, 3.05) is 0 Å². The van der Waals surface area contributed by atoms with Crippen LogP contribution in [-0.2, 0) is 11.2 Å². The number of hydrogen-bond donors (Lipinski definition) is 1. The predicted molar refractivity (Wildman–Crippen MR) is 60.3 cm³/mol. The standard InChI is InChI=1S/C10H10N2O6/c1-6(10(13)14)4-7-2-3-8(11(15)16)5-9(7)12(17)18/h2-3,5-6H,4H2,1H3,(H,13,14). The molecule has 0 bridgehead atoms. The van der Waals surface area contributed by atoms with E-state index in [1.165, 1.54) is 13.0 Å². The van der Waals surface area contributed by atoms with E-state index in [1.54, 1.807) is 0 Å². The molecule has 1 atom stereocenters. The zero-order valence-corrected chi connectivity index (χ0v) is 9.40. The van der Waals surface area contributed by atoms with E-state index in [-0.39, 0.29) is 12.0 Å². The van der Waals surface area contributed by atoms with Crippen LogP contribution < -0.4 is 0 Å². The van der Waals surface area contributed by atoms with Gasteiger partial charge in [0.25, 0.3) is 11.4 Å². The molecule has 96 valence electrons. The molecule has 0 heterocycles. The molecule has 18 heavy (non-hydrogen) atoms. The Morgan fingerprint density at radius 1 is 1.33 bits per heavy atom. The Labute approximate surface area is 101 Å². The average Bonchev–Trinajstić information content (AvgIpc) is 2.28. The van der Waals surface area contributed by atoms with Gasteiger partial charge in [-0.2, -0.15) is 0 Å². The van der Waals surface area contributed by atoms with Crippen molar-refractivity contribution in [3.63, 3.8) is 0 Å². The van der Waals surface area contributed by atoms with Crippen LogP contribution in [-0.4, -0.2) is 20.9 Å². The number of carboxylic acids is 1. The van der Waals surface area contributed by atoms with Crippen molar-refractivity contribution in [1.82, 2.24) is 0 Å². The van der Waals surface area contributed by atoms with Crippen LogP contribution in [0.5, 0.6) is 0 Å². The second kappa shape index (κ2) is 5.21. The number of nitro groups is 2. The molecule has 0 saturated carbocycles. The molecule has 1 unspecified atom stereocenters. The molecule has 8 heteroatoms. The summed E-state index contributed by atoms with van der Waals surface area (Å²) in [6.45, 7) is 1.41. The Morgan fingerprint density at radius 2 is 1.94 bits per heavy atom. The first kappa shape index (κ1) is 13.6. The largest absolute Gasteiger partial charge is 0.481 e. The first-order valence-electron chi connectivity index (χ1n) is 4.97. The van der Waals surface area contributed by atoms with E-state index in [1.807, 2.05) is 0 Å². The van der Waals surface area contributed by atoms with Crippen LogP contribution in [0.4, 0.5) is 11.4 Å². The SMILES string of the molecule is CC(Cc1ccc([N+](=O)[O-])cc1[N+](=O)[O-])C(=O)O. The molecule has 0 aliphatic heterocycles. The number of hydrogen-bond acceptors (Lipinski definition) is 5. The monoisotopic (exact) mass is 254 g/mol. The van der Waals surface area contributed by atoms with Gasteiger partial charge in [-0.3, -0.25) is 25.0 Å². The van der Waals surface area contributed by atoms with E-state index < -0.39 is 33.1 Å². The zero-order chi connectivity index (χ0) is 13.9. The maximum atomic E-state index is 10.8. The lowest BCUT2D eigenvalue weighted by molar-refractivity contribution is -0.394. The van der Waals surface area contributed by atoms with E-state index in [0.717, 1.165) is 12.1 Å². The molecule has 0 aromatic heterocycles. The number of non-ortho nitro benzene ring substituents is 1. The number of carbonyl (C=O) groups is 1. The van der Waals surface area contributed by atoms with E-state index in [2.05, 4.69) is 0 Å². The Hall–Kier alpha value is -2.51. The van der Waals surface area contributed by atoms with E-state index in [0.29, 0.717) is 0 Å². The van der Waals surface area contributed by atoms with Gasteiger partial charge in [-0.05, 0) is 12.5 Å². The first-order chi connectivity index (χ1) is 8.32. The van der Waals surface area contributed by atoms with Gasteiger partial charge in [-0.25, -0.2) is 0 Å². The highest BCUT2D eigenvalue weighted by Crippen LogP contribution is 2.26. The summed E-state index contributed by atoms with van der Waals surface area (Å²) in [5, 5.41) is 30.0. The van der Waals surface area contributed by atoms with Gasteiger partial charge in [0.2, 0.25) is 0 Å². The molecule has 0 radical (unpaired) electrons. The number of carboxylic acid groups (broad SMARTS) is 1. The van der Waals surface area contributed by atoms with Crippen LogP contribution in [0.15, 0.2) is 18.2 Å². The lowest BCUT2D eigenvalue weighted by atomic mass is 9.99. The molecule has 0 spiro atoms. The Morgan fingerprint density at radius 3 is 2.39 bits per heavy atom. The molecule has 1 aromatic rings. The molecule has 8 nitrogen and oxygen atoms in total. The van der Waals surface area contributed by atoms with Gasteiger partial charge in [-0.15, -0.1) is 0 Å². The van der Waals surface area contributed by atoms with Crippen molar-refractivity contribution >= 4 is 17.3 Å². The van der Waals surface area contributed by atoms with Crippen molar-refractivity contribution in [3.05, 3.63) is 44.0 Å². The summed E-state index contributed by atoms with van der Waals surface area (Å²) in [6, 6.07) is 3.18. The summed E-state index contributed by atoms with van der Waals surface area (Å²) in [6.07, 6.45) is -0.0519. The number of nitrogens with zero attached hydrogens (tertiary/aromatic N) is 2. The van der Waals surface area contributed by atoms with Crippen LogP contribution in [0.2, 0.25) is 0 Å². The second-order valence-corrected chi connectivity index (χ2v) is 3.77. The third kappa shape index (κ3) is 3.00. The minimum absolute atomic E-state index is 0.0519. The van der Waals surface area contributed by atoms with Crippen LogP contribution in [0, 0.1) is 26.1 Å². The van der Waals surface area contributed by atoms with Gasteiger partial charge >= 0.3 is 5.97 Å². The molecule has 0 fully saturated rings. The number of benzene rings is 1. The molecule has 0 aliphatic rings. The van der Waals surface area contributed by atoms with Gasteiger partial charge in [-0.1, -0.05) is 6.92 Å². The van der Waals surface area contributed by atoms with Gasteiger partial charge in [0.15, 0.2) is 0 Å². The van der Waals surface area contributed by atoms with Crippen molar-refractivity contribution in [2.24, 2.45) is 5.92 Å². The molecule has 0 amide bonds. The Kier molecular flexibility index (Phi) is 3.93. The fourth-order valence-electron chi connectivity index (χ4n) is 1.43. The lowest BCUT2D eigenvalue weighted by Gasteiger charge is -2.06. The van der Waals surface area contributed by atoms with Gasteiger partial charge in [0.05, 0.1) is 21.8 Å². The minimum Gasteiger partial charge on any atom is -0.481 e. The number of rotatable bonds is 5. The van der Waals surface area contributed by atoms with Gasteiger partial charge < -0.3 is 5.11 Å². The summed E-state index contributed by atoms with van der Waals surface area (Å²) in [7, 11) is 0. The summed E-state index contributed by atoms with van der Waals surface area (Å²) in [4.78, 5) is 30.5. The zero-order valence-electron chi connectivity index (χ0n) is 9.40. The minimum atomic E-state index is -1.08. The van der Waals surface area contributed by atoms with Crippen LogP contribution in [0.3, 0.4) is 0 Å². The number of nitro benzene ring substituents is 2. The van der Waals surface area contributed by atoms with Crippen molar-refractivity contribution in [3.8, 4) is 0 Å². The summed E-state index contributed by atoms with van der Waals surface area (Å²) >= 11 is 0. The van der Waals surface area contributed by atoms with Crippen molar-refractivity contribution in [1.29, 1.82) is 0 Å². The third-order valence-corrected chi connectivity index (χ3v) is 2.42. The topological polar surface area (TPSA) is 124 Å². The van der Waals surface area contributed by atoms with E-state index in [4.69, 9.17) is 5.11 Å². The van der Waals surface area contributed by atoms with Crippen molar-refractivity contribution < 1.29 is 19.7 Å². The maximum Gasteiger partial charge on any atom is 0.306 e. The molecule has 0 saturated heterocycles. The highest BCUT2D eigenvalue weighted by atomic mass is 16.6. The highest BCUT2D eigenvalue weighted by Gasteiger charge is 2.22. The molecule has 0 aliphatic carbocycles. The summed E-state index contributed by atoms with van der Waals surface area (Å²) in [5.41, 5.74) is -0.661. The Balaban J connectivity index is 3.16. The van der Waals surface area contributed by atoms with E-state index in [9.17, 15) is 25.0 Å². The molecule has 1 aromatic carbocycles. The summed E-state index contributed by atoms with van der Waals surface area (Å²) < 4.78 is 0. The first-order valence-corrected chi connectivity index (χ1v) is 4.97. The van der Waals surface area contributed by atoms with Crippen molar-refractivity contribution in [2.45, 2.75) is 13.3 Å². The fraction of sp³-hybridized carbons (Fsp3) is 0.300. The predicted octanol–water partition coefficient (Wildman–Crippen LogP) is 1.77. The van der Waals surface area contributed by atoms with Gasteiger partial charge in [0.1, 0.15) is 0 Å². The van der Waals surface area contributed by atoms with Crippen LogP contribution >= 0.6 is 0 Å².